The van der Waals surface area contributed by atoms with Gasteiger partial charge in [-0.15, -0.1) is 0 Å². The van der Waals surface area contributed by atoms with Gasteiger partial charge in [-0.1, -0.05) is 12.8 Å². The maximum absolute atomic E-state index is 11.9. The Hall–Kier alpha value is -1.49. The van der Waals surface area contributed by atoms with Crippen molar-refractivity contribution >= 4 is 5.91 Å². The van der Waals surface area contributed by atoms with Gasteiger partial charge < -0.3 is 5.32 Å². The Labute approximate surface area is 107 Å². The Morgan fingerprint density at radius 2 is 2.22 bits per heavy atom. The van der Waals surface area contributed by atoms with Crippen LogP contribution in [0.1, 0.15) is 36.9 Å². The monoisotopic (exact) mass is 246 g/mol. The molecule has 1 aromatic rings. The SMILES string of the molecule is O=C(CN1Cc2cncnc2C1)NC1CCCC1. The summed E-state index contributed by atoms with van der Waals surface area (Å²) in [4.78, 5) is 22.3. The summed E-state index contributed by atoms with van der Waals surface area (Å²) in [5.74, 6) is 0.141. The van der Waals surface area contributed by atoms with Crippen LogP contribution in [-0.4, -0.2) is 33.4 Å². The van der Waals surface area contributed by atoms with E-state index in [0.29, 0.717) is 12.6 Å². The summed E-state index contributed by atoms with van der Waals surface area (Å²) in [6, 6.07) is 0.405. The zero-order valence-electron chi connectivity index (χ0n) is 10.4. The number of hydrogen-bond donors (Lipinski definition) is 1. The number of rotatable bonds is 3. The van der Waals surface area contributed by atoms with Gasteiger partial charge in [0, 0.05) is 30.9 Å². The molecule has 96 valence electrons. The van der Waals surface area contributed by atoms with Gasteiger partial charge in [-0.2, -0.15) is 0 Å². The quantitative estimate of drug-likeness (QED) is 0.859. The van der Waals surface area contributed by atoms with Crippen LogP contribution < -0.4 is 5.32 Å². The molecule has 5 heteroatoms. The van der Waals surface area contributed by atoms with Crippen molar-refractivity contribution in [3.05, 3.63) is 23.8 Å². The summed E-state index contributed by atoms with van der Waals surface area (Å²) in [5, 5.41) is 3.12. The van der Waals surface area contributed by atoms with Gasteiger partial charge in [-0.05, 0) is 12.8 Å². The first-order valence-electron chi connectivity index (χ1n) is 6.61. The van der Waals surface area contributed by atoms with Gasteiger partial charge in [0.1, 0.15) is 6.33 Å². The Morgan fingerprint density at radius 3 is 3.00 bits per heavy atom. The fourth-order valence-corrected chi connectivity index (χ4v) is 2.83. The second-order valence-electron chi connectivity index (χ2n) is 5.19. The highest BCUT2D eigenvalue weighted by Gasteiger charge is 2.23. The molecular formula is C13H18N4O. The van der Waals surface area contributed by atoms with Crippen LogP contribution in [0.5, 0.6) is 0 Å². The molecule has 5 nitrogen and oxygen atoms in total. The Morgan fingerprint density at radius 1 is 1.39 bits per heavy atom. The van der Waals surface area contributed by atoms with Crippen LogP contribution in [0.2, 0.25) is 0 Å². The summed E-state index contributed by atoms with van der Waals surface area (Å²) < 4.78 is 0. The van der Waals surface area contributed by atoms with Crippen molar-refractivity contribution in [2.45, 2.75) is 44.8 Å². The van der Waals surface area contributed by atoms with Crippen LogP contribution >= 0.6 is 0 Å². The van der Waals surface area contributed by atoms with E-state index in [1.807, 2.05) is 6.20 Å². The molecule has 0 bridgehead atoms. The van der Waals surface area contributed by atoms with Gasteiger partial charge in [0.15, 0.2) is 0 Å². The van der Waals surface area contributed by atoms with E-state index < -0.39 is 0 Å². The largest absolute Gasteiger partial charge is 0.352 e. The first kappa shape index (κ1) is 11.6. The maximum Gasteiger partial charge on any atom is 0.234 e. The van der Waals surface area contributed by atoms with E-state index in [1.54, 1.807) is 6.33 Å². The molecule has 0 saturated heterocycles. The highest BCUT2D eigenvalue weighted by atomic mass is 16.2. The van der Waals surface area contributed by atoms with Gasteiger partial charge in [0.2, 0.25) is 5.91 Å². The van der Waals surface area contributed by atoms with Crippen LogP contribution in [-0.2, 0) is 17.9 Å². The third kappa shape index (κ3) is 2.51. The van der Waals surface area contributed by atoms with Gasteiger partial charge in [-0.3, -0.25) is 9.69 Å². The molecule has 2 heterocycles. The lowest BCUT2D eigenvalue weighted by atomic mass is 10.2. The van der Waals surface area contributed by atoms with Crippen molar-refractivity contribution in [1.82, 2.24) is 20.2 Å². The van der Waals surface area contributed by atoms with E-state index in [-0.39, 0.29) is 5.91 Å². The molecule has 1 amide bonds. The zero-order chi connectivity index (χ0) is 12.4. The van der Waals surface area contributed by atoms with Crippen LogP contribution in [0.3, 0.4) is 0 Å². The lowest BCUT2D eigenvalue weighted by Gasteiger charge is -2.17. The predicted molar refractivity (Wildman–Crippen MR) is 66.5 cm³/mol. The lowest BCUT2D eigenvalue weighted by molar-refractivity contribution is -0.123. The van der Waals surface area contributed by atoms with E-state index in [2.05, 4.69) is 20.2 Å². The van der Waals surface area contributed by atoms with E-state index >= 15 is 0 Å². The van der Waals surface area contributed by atoms with Crippen molar-refractivity contribution in [1.29, 1.82) is 0 Å². The van der Waals surface area contributed by atoms with Crippen LogP contribution in [0.4, 0.5) is 0 Å². The Balaban J connectivity index is 1.51. The van der Waals surface area contributed by atoms with E-state index in [4.69, 9.17) is 0 Å². The van der Waals surface area contributed by atoms with Crippen LogP contribution in [0, 0.1) is 0 Å². The number of fused-ring (bicyclic) bond motifs is 1. The average Bonchev–Trinajstić information content (AvgIpc) is 2.96. The number of hydrogen-bond acceptors (Lipinski definition) is 4. The minimum absolute atomic E-state index is 0.141. The molecule has 1 N–H and O–H groups in total. The van der Waals surface area contributed by atoms with Crippen molar-refractivity contribution in [2.75, 3.05) is 6.54 Å². The first-order chi connectivity index (χ1) is 8.81. The van der Waals surface area contributed by atoms with Crippen LogP contribution in [0.25, 0.3) is 0 Å². The van der Waals surface area contributed by atoms with Gasteiger partial charge in [-0.25, -0.2) is 9.97 Å². The van der Waals surface area contributed by atoms with Crippen molar-refractivity contribution in [3.8, 4) is 0 Å². The normalized spacial score (nSPS) is 20.0. The summed E-state index contributed by atoms with van der Waals surface area (Å²) in [6.45, 7) is 2.01. The Kier molecular flexibility index (Phi) is 3.23. The summed E-state index contributed by atoms with van der Waals surface area (Å²) in [5.41, 5.74) is 2.20. The molecule has 1 aromatic heterocycles. The molecule has 1 fully saturated rings. The standard InChI is InChI=1S/C13H18N4O/c18-13(16-11-3-1-2-4-11)8-17-6-10-5-14-9-15-12(10)7-17/h5,9,11H,1-4,6-8H2,(H,16,18). The molecule has 18 heavy (non-hydrogen) atoms. The third-order valence-corrected chi connectivity index (χ3v) is 3.74. The van der Waals surface area contributed by atoms with E-state index in [0.717, 1.165) is 37.2 Å². The number of nitrogens with zero attached hydrogens (tertiary/aromatic N) is 3. The first-order valence-corrected chi connectivity index (χ1v) is 6.61. The molecule has 0 radical (unpaired) electrons. The van der Waals surface area contributed by atoms with Crippen LogP contribution in [0.15, 0.2) is 12.5 Å². The zero-order valence-corrected chi connectivity index (χ0v) is 10.4. The van der Waals surface area contributed by atoms with Crippen molar-refractivity contribution in [3.63, 3.8) is 0 Å². The second-order valence-corrected chi connectivity index (χ2v) is 5.19. The lowest BCUT2D eigenvalue weighted by Crippen LogP contribution is -2.39. The highest BCUT2D eigenvalue weighted by Crippen LogP contribution is 2.20. The van der Waals surface area contributed by atoms with Crippen molar-refractivity contribution in [2.24, 2.45) is 0 Å². The molecule has 0 spiro atoms. The van der Waals surface area contributed by atoms with Crippen molar-refractivity contribution < 1.29 is 4.79 Å². The van der Waals surface area contributed by atoms with Gasteiger partial charge in [0.25, 0.3) is 0 Å². The highest BCUT2D eigenvalue weighted by molar-refractivity contribution is 5.78. The molecular weight excluding hydrogens is 228 g/mol. The van der Waals surface area contributed by atoms with Gasteiger partial charge >= 0.3 is 0 Å². The number of nitrogens with one attached hydrogen (secondary N) is 1. The predicted octanol–water partition coefficient (Wildman–Crippen LogP) is 0.851. The molecule has 1 saturated carbocycles. The third-order valence-electron chi connectivity index (χ3n) is 3.74. The summed E-state index contributed by atoms with van der Waals surface area (Å²) in [7, 11) is 0. The second kappa shape index (κ2) is 5.02. The summed E-state index contributed by atoms with van der Waals surface area (Å²) in [6.07, 6.45) is 8.18. The topological polar surface area (TPSA) is 58.1 Å². The fourth-order valence-electron chi connectivity index (χ4n) is 2.83. The minimum atomic E-state index is 0.141. The average molecular weight is 246 g/mol. The van der Waals surface area contributed by atoms with Gasteiger partial charge in [0.05, 0.1) is 12.2 Å². The maximum atomic E-state index is 11.9. The molecule has 0 unspecified atom stereocenters. The molecule has 1 aliphatic carbocycles. The molecule has 3 rings (SSSR count). The van der Waals surface area contributed by atoms with E-state index in [1.165, 1.54) is 12.8 Å². The molecule has 0 atom stereocenters. The number of amides is 1. The van der Waals surface area contributed by atoms with E-state index in [9.17, 15) is 4.79 Å². The minimum Gasteiger partial charge on any atom is -0.352 e. The number of aromatic nitrogens is 2. The molecule has 2 aliphatic rings. The Bertz CT molecular complexity index is 417. The summed E-state index contributed by atoms with van der Waals surface area (Å²) >= 11 is 0. The molecule has 1 aliphatic heterocycles. The number of carbonyl (C=O) groups excluding carboxylic acids is 1. The number of carbonyl (C=O) groups is 1. The molecule has 0 aromatic carbocycles. The fraction of sp³-hybridized carbons (Fsp3) is 0.615. The smallest absolute Gasteiger partial charge is 0.234 e.